The van der Waals surface area contributed by atoms with Crippen LogP contribution in [0.5, 0.6) is 0 Å². The van der Waals surface area contributed by atoms with Crippen molar-refractivity contribution in [2.75, 3.05) is 19.3 Å². The first-order valence-corrected chi connectivity index (χ1v) is 7.20. The first kappa shape index (κ1) is 14.7. The zero-order valence-corrected chi connectivity index (χ0v) is 11.2. The highest BCUT2D eigenvalue weighted by molar-refractivity contribution is 7.91. The van der Waals surface area contributed by atoms with E-state index in [1.165, 1.54) is 24.0 Å². The molecule has 1 unspecified atom stereocenters. The number of rotatable bonds is 6. The highest BCUT2D eigenvalue weighted by Crippen LogP contribution is 2.10. The van der Waals surface area contributed by atoms with E-state index in [1.54, 1.807) is 25.2 Å². The van der Waals surface area contributed by atoms with Crippen LogP contribution < -0.4 is 0 Å². The lowest BCUT2D eigenvalue weighted by molar-refractivity contribution is -0.142. The van der Waals surface area contributed by atoms with Crippen molar-refractivity contribution in [2.24, 2.45) is 0 Å². The molecule has 5 nitrogen and oxygen atoms in total. The van der Waals surface area contributed by atoms with Gasteiger partial charge in [0.2, 0.25) is 0 Å². The summed E-state index contributed by atoms with van der Waals surface area (Å²) in [6.07, 6.45) is 0. The van der Waals surface area contributed by atoms with E-state index in [4.69, 9.17) is 5.11 Å². The molecule has 0 fully saturated rings. The summed E-state index contributed by atoms with van der Waals surface area (Å²) in [5.41, 5.74) is 0. The average molecular weight is 271 g/mol. The van der Waals surface area contributed by atoms with Crippen LogP contribution in [0.4, 0.5) is 0 Å². The van der Waals surface area contributed by atoms with Crippen LogP contribution in [0.15, 0.2) is 35.2 Å². The minimum absolute atomic E-state index is 0.0921. The number of carboxylic acid groups (broad SMARTS) is 1. The molecule has 0 aromatic heterocycles. The van der Waals surface area contributed by atoms with Crippen molar-refractivity contribution in [2.45, 2.75) is 17.9 Å². The fraction of sp³-hybridized carbons (Fsp3) is 0.417. The van der Waals surface area contributed by atoms with E-state index < -0.39 is 21.8 Å². The Labute approximate surface area is 107 Å². The molecule has 0 saturated carbocycles. The van der Waals surface area contributed by atoms with Crippen molar-refractivity contribution in [3.63, 3.8) is 0 Å². The molecule has 0 radical (unpaired) electrons. The second kappa shape index (κ2) is 5.97. The fourth-order valence-corrected chi connectivity index (χ4v) is 2.73. The predicted octanol–water partition coefficient (Wildman–Crippen LogP) is 0.865. The molecule has 0 amide bonds. The maximum Gasteiger partial charge on any atom is 0.320 e. The second-order valence-corrected chi connectivity index (χ2v) is 6.24. The molecule has 1 rings (SSSR count). The minimum atomic E-state index is -3.35. The average Bonchev–Trinajstić information content (AvgIpc) is 2.36. The molecule has 0 aliphatic carbocycles. The van der Waals surface area contributed by atoms with Gasteiger partial charge < -0.3 is 5.11 Å². The van der Waals surface area contributed by atoms with Crippen molar-refractivity contribution >= 4 is 15.8 Å². The topological polar surface area (TPSA) is 74.7 Å². The maximum atomic E-state index is 12.0. The number of likely N-dealkylation sites (N-methyl/N-ethyl adjacent to an activating group) is 1. The highest BCUT2D eigenvalue weighted by Gasteiger charge is 2.20. The Balaban J connectivity index is 2.66. The minimum Gasteiger partial charge on any atom is -0.480 e. The van der Waals surface area contributed by atoms with Gasteiger partial charge in [-0.05, 0) is 26.1 Å². The summed E-state index contributed by atoms with van der Waals surface area (Å²) in [5.74, 6) is -1.06. The van der Waals surface area contributed by atoms with E-state index in [9.17, 15) is 13.2 Å². The smallest absolute Gasteiger partial charge is 0.320 e. The molecule has 1 atom stereocenters. The molecule has 0 heterocycles. The molecule has 0 aliphatic rings. The monoisotopic (exact) mass is 271 g/mol. The lowest BCUT2D eigenvalue weighted by Gasteiger charge is -2.20. The van der Waals surface area contributed by atoms with E-state index in [-0.39, 0.29) is 17.2 Å². The SMILES string of the molecule is CC(C(=O)O)N(C)CCS(=O)(=O)c1ccccc1. The van der Waals surface area contributed by atoms with Gasteiger partial charge in [0.15, 0.2) is 9.84 Å². The largest absolute Gasteiger partial charge is 0.480 e. The van der Waals surface area contributed by atoms with E-state index in [0.29, 0.717) is 0 Å². The van der Waals surface area contributed by atoms with Gasteiger partial charge in [-0.3, -0.25) is 9.69 Å². The van der Waals surface area contributed by atoms with Gasteiger partial charge in [0.25, 0.3) is 0 Å². The van der Waals surface area contributed by atoms with Crippen LogP contribution >= 0.6 is 0 Å². The third-order valence-electron chi connectivity index (χ3n) is 2.83. The van der Waals surface area contributed by atoms with Crippen LogP contribution in [0.25, 0.3) is 0 Å². The molecule has 0 bridgehead atoms. The molecular formula is C12H17NO4S. The van der Waals surface area contributed by atoms with Crippen LogP contribution in [0, 0.1) is 0 Å². The highest BCUT2D eigenvalue weighted by atomic mass is 32.2. The summed E-state index contributed by atoms with van der Waals surface area (Å²) in [7, 11) is -1.75. The Kier molecular flexibility index (Phi) is 4.86. The summed E-state index contributed by atoms with van der Waals surface area (Å²) in [4.78, 5) is 12.5. The normalized spacial score (nSPS) is 13.5. The zero-order valence-electron chi connectivity index (χ0n) is 10.4. The number of sulfone groups is 1. The Morgan fingerprint density at radius 1 is 1.33 bits per heavy atom. The van der Waals surface area contributed by atoms with Crippen molar-refractivity contribution in [1.82, 2.24) is 4.90 Å². The van der Waals surface area contributed by atoms with Gasteiger partial charge in [0.05, 0.1) is 10.6 Å². The van der Waals surface area contributed by atoms with Gasteiger partial charge >= 0.3 is 5.97 Å². The maximum absolute atomic E-state index is 12.0. The summed E-state index contributed by atoms with van der Waals surface area (Å²) < 4.78 is 23.9. The molecule has 0 saturated heterocycles. The third kappa shape index (κ3) is 3.82. The summed E-state index contributed by atoms with van der Waals surface area (Å²) in [6, 6.07) is 7.45. The van der Waals surface area contributed by atoms with Gasteiger partial charge in [0, 0.05) is 6.54 Å². The van der Waals surface area contributed by atoms with Crippen molar-refractivity contribution in [3.05, 3.63) is 30.3 Å². The van der Waals surface area contributed by atoms with Crippen LogP contribution in [0.2, 0.25) is 0 Å². The van der Waals surface area contributed by atoms with Crippen LogP contribution in [-0.4, -0.2) is 49.8 Å². The Morgan fingerprint density at radius 2 is 1.89 bits per heavy atom. The van der Waals surface area contributed by atoms with Gasteiger partial charge in [-0.25, -0.2) is 8.42 Å². The molecule has 18 heavy (non-hydrogen) atoms. The molecular weight excluding hydrogens is 254 g/mol. The van der Waals surface area contributed by atoms with E-state index in [1.807, 2.05) is 0 Å². The molecule has 6 heteroatoms. The summed E-state index contributed by atoms with van der Waals surface area (Å²) >= 11 is 0. The zero-order chi connectivity index (χ0) is 13.8. The molecule has 1 N–H and O–H groups in total. The molecule has 0 spiro atoms. The molecule has 1 aromatic rings. The van der Waals surface area contributed by atoms with E-state index in [2.05, 4.69) is 0 Å². The van der Waals surface area contributed by atoms with Crippen LogP contribution in [0.1, 0.15) is 6.92 Å². The summed E-state index contributed by atoms with van der Waals surface area (Å²) in [5, 5.41) is 8.81. The van der Waals surface area contributed by atoms with Crippen LogP contribution in [-0.2, 0) is 14.6 Å². The van der Waals surface area contributed by atoms with Gasteiger partial charge in [-0.2, -0.15) is 0 Å². The first-order chi connectivity index (χ1) is 8.34. The Bertz CT molecular complexity index is 498. The lowest BCUT2D eigenvalue weighted by Crippen LogP contribution is -2.38. The first-order valence-electron chi connectivity index (χ1n) is 5.55. The van der Waals surface area contributed by atoms with Crippen molar-refractivity contribution in [3.8, 4) is 0 Å². The standard InChI is InChI=1S/C12H17NO4S/c1-10(12(14)15)13(2)8-9-18(16,17)11-6-4-3-5-7-11/h3-7,10H,8-9H2,1-2H3,(H,14,15). The number of nitrogens with zero attached hydrogens (tertiary/aromatic N) is 1. The van der Waals surface area contributed by atoms with Crippen molar-refractivity contribution in [1.29, 1.82) is 0 Å². The van der Waals surface area contributed by atoms with E-state index >= 15 is 0 Å². The van der Waals surface area contributed by atoms with E-state index in [0.717, 1.165) is 0 Å². The molecule has 0 aliphatic heterocycles. The molecule has 1 aromatic carbocycles. The number of hydrogen-bond donors (Lipinski definition) is 1. The van der Waals surface area contributed by atoms with Crippen LogP contribution in [0.3, 0.4) is 0 Å². The third-order valence-corrected chi connectivity index (χ3v) is 4.54. The number of carbonyl (C=O) groups is 1. The second-order valence-electron chi connectivity index (χ2n) is 4.13. The lowest BCUT2D eigenvalue weighted by atomic mass is 10.3. The fourth-order valence-electron chi connectivity index (χ4n) is 1.39. The van der Waals surface area contributed by atoms with Crippen molar-refractivity contribution < 1.29 is 18.3 Å². The predicted molar refractivity (Wildman–Crippen MR) is 68.2 cm³/mol. The number of aliphatic carboxylic acids is 1. The molecule has 100 valence electrons. The Morgan fingerprint density at radius 3 is 2.39 bits per heavy atom. The number of hydrogen-bond acceptors (Lipinski definition) is 4. The quantitative estimate of drug-likeness (QED) is 0.830. The van der Waals surface area contributed by atoms with Gasteiger partial charge in [-0.1, -0.05) is 18.2 Å². The van der Waals surface area contributed by atoms with Gasteiger partial charge in [-0.15, -0.1) is 0 Å². The summed E-state index contributed by atoms with van der Waals surface area (Å²) in [6.45, 7) is 1.71. The van der Waals surface area contributed by atoms with Gasteiger partial charge in [0.1, 0.15) is 6.04 Å². The Hall–Kier alpha value is -1.40. The number of carboxylic acids is 1. The number of benzene rings is 1.